The Kier molecular flexibility index (Phi) is 2.24. The summed E-state index contributed by atoms with van der Waals surface area (Å²) in [7, 11) is 0. The van der Waals surface area contributed by atoms with E-state index in [2.05, 4.69) is 16.8 Å². The third-order valence-electron chi connectivity index (χ3n) is 4.17. The van der Waals surface area contributed by atoms with Gasteiger partial charge in [-0.25, -0.2) is 0 Å². The second-order valence-electron chi connectivity index (χ2n) is 5.03. The molecule has 0 spiro atoms. The topological polar surface area (TPSA) is 24.1 Å². The van der Waals surface area contributed by atoms with Crippen LogP contribution in [0.15, 0.2) is 11.8 Å². The van der Waals surface area contributed by atoms with Gasteiger partial charge in [0, 0.05) is 25.0 Å². The summed E-state index contributed by atoms with van der Waals surface area (Å²) < 4.78 is 0. The molecule has 2 N–H and O–H groups in total. The van der Waals surface area contributed by atoms with E-state index in [-0.39, 0.29) is 0 Å². The minimum Gasteiger partial charge on any atom is -0.390 e. The van der Waals surface area contributed by atoms with Gasteiger partial charge in [-0.1, -0.05) is 19.3 Å². The van der Waals surface area contributed by atoms with E-state index in [4.69, 9.17) is 0 Å². The molecule has 1 saturated heterocycles. The smallest absolute Gasteiger partial charge is 0.0329 e. The third-order valence-corrected chi connectivity index (χ3v) is 4.17. The first-order chi connectivity index (χ1) is 6.95. The van der Waals surface area contributed by atoms with Gasteiger partial charge in [-0.15, -0.1) is 0 Å². The molecule has 2 atom stereocenters. The summed E-state index contributed by atoms with van der Waals surface area (Å²) in [6, 6.07) is 0.718. The second kappa shape index (κ2) is 3.58. The van der Waals surface area contributed by atoms with Crippen molar-refractivity contribution in [2.75, 3.05) is 13.1 Å². The number of nitrogens with one attached hydrogen (secondary N) is 2. The minimum atomic E-state index is 0.718. The van der Waals surface area contributed by atoms with Gasteiger partial charge in [0.1, 0.15) is 0 Å². The molecule has 3 aliphatic rings. The third kappa shape index (κ3) is 1.36. The van der Waals surface area contributed by atoms with Crippen molar-refractivity contribution in [2.45, 2.75) is 38.1 Å². The van der Waals surface area contributed by atoms with Crippen molar-refractivity contribution in [1.29, 1.82) is 0 Å². The average Bonchev–Trinajstić information content (AvgIpc) is 2.79. The monoisotopic (exact) mass is 192 g/mol. The Balaban J connectivity index is 1.72. The van der Waals surface area contributed by atoms with Crippen LogP contribution in [0.5, 0.6) is 0 Å². The van der Waals surface area contributed by atoms with E-state index in [0.717, 1.165) is 17.9 Å². The van der Waals surface area contributed by atoms with Crippen LogP contribution in [-0.4, -0.2) is 19.1 Å². The number of rotatable bonds is 1. The van der Waals surface area contributed by atoms with Gasteiger partial charge in [-0.2, -0.15) is 0 Å². The number of hydrogen-bond donors (Lipinski definition) is 2. The summed E-state index contributed by atoms with van der Waals surface area (Å²) in [6.07, 6.45) is 9.54. The summed E-state index contributed by atoms with van der Waals surface area (Å²) in [5.74, 6) is 1.74. The maximum Gasteiger partial charge on any atom is 0.0329 e. The Hall–Kier alpha value is -0.500. The summed E-state index contributed by atoms with van der Waals surface area (Å²) in [6.45, 7) is 2.38. The van der Waals surface area contributed by atoms with Crippen molar-refractivity contribution >= 4 is 0 Å². The van der Waals surface area contributed by atoms with Crippen LogP contribution in [-0.2, 0) is 0 Å². The van der Waals surface area contributed by atoms with Crippen LogP contribution in [0.4, 0.5) is 0 Å². The first-order valence-corrected chi connectivity index (χ1v) is 6.12. The van der Waals surface area contributed by atoms with E-state index in [1.807, 2.05) is 0 Å². The lowest BCUT2D eigenvalue weighted by molar-refractivity contribution is 0.309. The molecule has 2 unspecified atom stereocenters. The predicted octanol–water partition coefficient (Wildman–Crippen LogP) is 1.64. The van der Waals surface area contributed by atoms with E-state index in [1.165, 1.54) is 45.2 Å². The van der Waals surface area contributed by atoms with E-state index in [0.29, 0.717) is 0 Å². The quantitative estimate of drug-likeness (QED) is 0.660. The van der Waals surface area contributed by atoms with Crippen LogP contribution in [0.2, 0.25) is 0 Å². The number of hydrogen-bond acceptors (Lipinski definition) is 2. The van der Waals surface area contributed by atoms with Gasteiger partial charge in [0.05, 0.1) is 0 Å². The van der Waals surface area contributed by atoms with Crippen LogP contribution in [0, 0.1) is 11.8 Å². The Labute approximate surface area is 86.1 Å². The molecule has 2 nitrogen and oxygen atoms in total. The molecule has 2 heterocycles. The van der Waals surface area contributed by atoms with Crippen LogP contribution < -0.4 is 10.6 Å². The molecule has 3 rings (SSSR count). The van der Waals surface area contributed by atoms with Gasteiger partial charge >= 0.3 is 0 Å². The van der Waals surface area contributed by atoms with Crippen LogP contribution in [0.3, 0.4) is 0 Å². The molecular weight excluding hydrogens is 172 g/mol. The maximum atomic E-state index is 3.72. The summed E-state index contributed by atoms with van der Waals surface area (Å²) in [5, 5.41) is 7.11. The minimum absolute atomic E-state index is 0.718. The van der Waals surface area contributed by atoms with Crippen LogP contribution in [0.1, 0.15) is 32.1 Å². The van der Waals surface area contributed by atoms with Gasteiger partial charge in [0.15, 0.2) is 0 Å². The lowest BCUT2D eigenvalue weighted by Crippen LogP contribution is -2.33. The molecule has 0 aromatic heterocycles. The van der Waals surface area contributed by atoms with Gasteiger partial charge in [0.25, 0.3) is 0 Å². The Morgan fingerprint density at radius 2 is 1.93 bits per heavy atom. The van der Waals surface area contributed by atoms with E-state index < -0.39 is 0 Å². The van der Waals surface area contributed by atoms with E-state index >= 15 is 0 Å². The molecule has 0 aromatic rings. The molecule has 14 heavy (non-hydrogen) atoms. The van der Waals surface area contributed by atoms with E-state index in [9.17, 15) is 0 Å². The molecule has 0 bridgehead atoms. The molecular formula is C12H20N2. The molecule has 0 aromatic carbocycles. The van der Waals surface area contributed by atoms with Crippen LogP contribution in [0.25, 0.3) is 0 Å². The zero-order valence-corrected chi connectivity index (χ0v) is 8.76. The fourth-order valence-corrected chi connectivity index (χ4v) is 3.38. The molecule has 78 valence electrons. The standard InChI is InChI=1S/C12H20N2/c1-2-4-9(5-3-1)12-11-8-13-6-10(11)7-14-12/h8-10,12-14H,1-7H2. The van der Waals surface area contributed by atoms with Crippen molar-refractivity contribution < 1.29 is 0 Å². The SMILES string of the molecule is C1=C2C(CN1)CNC2C1CCCCC1. The first kappa shape index (κ1) is 8.78. The average molecular weight is 192 g/mol. The summed E-state index contributed by atoms with van der Waals surface area (Å²) >= 11 is 0. The zero-order valence-electron chi connectivity index (χ0n) is 8.76. The predicted molar refractivity (Wildman–Crippen MR) is 57.9 cm³/mol. The molecule has 0 amide bonds. The highest BCUT2D eigenvalue weighted by Crippen LogP contribution is 2.35. The Morgan fingerprint density at radius 3 is 2.79 bits per heavy atom. The molecule has 2 fully saturated rings. The fraction of sp³-hybridized carbons (Fsp3) is 0.833. The fourth-order valence-electron chi connectivity index (χ4n) is 3.38. The largest absolute Gasteiger partial charge is 0.390 e. The zero-order chi connectivity index (χ0) is 9.38. The highest BCUT2D eigenvalue weighted by Gasteiger charge is 2.37. The lowest BCUT2D eigenvalue weighted by atomic mass is 9.81. The maximum absolute atomic E-state index is 3.72. The highest BCUT2D eigenvalue weighted by atomic mass is 15.0. The van der Waals surface area contributed by atoms with Crippen molar-refractivity contribution in [3.05, 3.63) is 11.8 Å². The van der Waals surface area contributed by atoms with Crippen molar-refractivity contribution in [2.24, 2.45) is 11.8 Å². The summed E-state index contributed by atoms with van der Waals surface area (Å²) in [4.78, 5) is 0. The Morgan fingerprint density at radius 1 is 1.07 bits per heavy atom. The second-order valence-corrected chi connectivity index (χ2v) is 5.03. The summed E-state index contributed by atoms with van der Waals surface area (Å²) in [5.41, 5.74) is 1.68. The molecule has 2 aliphatic heterocycles. The van der Waals surface area contributed by atoms with E-state index in [1.54, 1.807) is 5.57 Å². The van der Waals surface area contributed by atoms with Gasteiger partial charge in [0.2, 0.25) is 0 Å². The normalized spacial score (nSPS) is 37.9. The number of fused-ring (bicyclic) bond motifs is 1. The van der Waals surface area contributed by atoms with Crippen molar-refractivity contribution in [3.8, 4) is 0 Å². The van der Waals surface area contributed by atoms with Crippen LogP contribution >= 0.6 is 0 Å². The molecule has 1 saturated carbocycles. The molecule has 1 aliphatic carbocycles. The highest BCUT2D eigenvalue weighted by molar-refractivity contribution is 5.25. The van der Waals surface area contributed by atoms with Gasteiger partial charge in [-0.3, -0.25) is 0 Å². The lowest BCUT2D eigenvalue weighted by Gasteiger charge is -2.28. The van der Waals surface area contributed by atoms with Crippen molar-refractivity contribution in [3.63, 3.8) is 0 Å². The molecule has 0 radical (unpaired) electrons. The first-order valence-electron chi connectivity index (χ1n) is 6.12. The Bertz CT molecular complexity index is 241. The van der Waals surface area contributed by atoms with Gasteiger partial charge in [-0.05, 0) is 30.5 Å². The molecule has 2 heteroatoms. The van der Waals surface area contributed by atoms with Gasteiger partial charge < -0.3 is 10.6 Å². The van der Waals surface area contributed by atoms with Crippen molar-refractivity contribution in [1.82, 2.24) is 10.6 Å².